The van der Waals surface area contributed by atoms with E-state index in [1.165, 1.54) is 10.4 Å². The lowest BCUT2D eigenvalue weighted by atomic mass is 10.1. The monoisotopic (exact) mass is 269 g/mol. The van der Waals surface area contributed by atoms with Crippen molar-refractivity contribution in [2.24, 2.45) is 5.73 Å². The third kappa shape index (κ3) is 3.28. The van der Waals surface area contributed by atoms with Crippen molar-refractivity contribution in [3.63, 3.8) is 0 Å². The van der Waals surface area contributed by atoms with Crippen molar-refractivity contribution in [3.05, 3.63) is 21.9 Å². The van der Waals surface area contributed by atoms with Crippen LogP contribution >= 0.6 is 11.3 Å². The molecule has 2 heterocycles. The van der Waals surface area contributed by atoms with E-state index in [0.717, 1.165) is 13.0 Å². The highest BCUT2D eigenvalue weighted by atomic mass is 32.1. The molecule has 7 heteroatoms. The van der Waals surface area contributed by atoms with Crippen LogP contribution in [0.5, 0.6) is 0 Å². The molecule has 6 nitrogen and oxygen atoms in total. The molecule has 0 aromatic carbocycles. The van der Waals surface area contributed by atoms with Gasteiger partial charge >= 0.3 is 0 Å². The Hall–Kier alpha value is -1.44. The molecule has 2 amide bonds. The summed E-state index contributed by atoms with van der Waals surface area (Å²) in [6.45, 7) is 1.19. The maximum atomic E-state index is 11.8. The Morgan fingerprint density at radius 2 is 2.39 bits per heavy atom. The van der Waals surface area contributed by atoms with Crippen molar-refractivity contribution in [1.82, 2.24) is 10.4 Å². The van der Waals surface area contributed by atoms with E-state index in [9.17, 15) is 9.59 Å². The maximum Gasteiger partial charge on any atom is 0.245 e. The fraction of sp³-hybridized carbons (Fsp3) is 0.455. The number of nitrogens with one attached hydrogen (secondary N) is 1. The van der Waals surface area contributed by atoms with Gasteiger partial charge < -0.3 is 10.6 Å². The van der Waals surface area contributed by atoms with Crippen LogP contribution in [0.1, 0.15) is 10.4 Å². The standard InChI is InChI=1S/C11H15N3O3S/c12-10(15)7-17-13-5-11(16)14-3-1-9-8(6-14)2-4-18-9/h2,4,13H,1,3,5-7H2,(H2,12,15). The Balaban J connectivity index is 1.75. The summed E-state index contributed by atoms with van der Waals surface area (Å²) in [6.07, 6.45) is 0.904. The largest absolute Gasteiger partial charge is 0.368 e. The molecule has 0 saturated carbocycles. The maximum absolute atomic E-state index is 11.8. The Kier molecular flexibility index (Phi) is 4.29. The first kappa shape index (κ1) is 13.0. The van der Waals surface area contributed by atoms with Gasteiger partial charge in [0, 0.05) is 18.0 Å². The molecule has 3 N–H and O–H groups in total. The molecule has 0 saturated heterocycles. The highest BCUT2D eigenvalue weighted by Crippen LogP contribution is 2.23. The van der Waals surface area contributed by atoms with Gasteiger partial charge in [0.1, 0.15) is 13.2 Å². The zero-order valence-electron chi connectivity index (χ0n) is 9.85. The van der Waals surface area contributed by atoms with Crippen molar-refractivity contribution >= 4 is 23.2 Å². The average Bonchev–Trinajstić information content (AvgIpc) is 2.81. The number of amides is 2. The van der Waals surface area contributed by atoms with Gasteiger partial charge in [-0.15, -0.1) is 11.3 Å². The summed E-state index contributed by atoms with van der Waals surface area (Å²) in [5.74, 6) is -0.618. The fourth-order valence-electron chi connectivity index (χ4n) is 1.81. The molecule has 0 radical (unpaired) electrons. The van der Waals surface area contributed by atoms with E-state index in [0.29, 0.717) is 6.54 Å². The van der Waals surface area contributed by atoms with Crippen molar-refractivity contribution in [2.75, 3.05) is 19.7 Å². The molecule has 18 heavy (non-hydrogen) atoms. The molecule has 2 rings (SSSR count). The SMILES string of the molecule is NC(=O)CONCC(=O)N1CCc2sccc2C1. The van der Waals surface area contributed by atoms with Gasteiger partial charge in [-0.1, -0.05) is 0 Å². The van der Waals surface area contributed by atoms with Gasteiger partial charge in [-0.25, -0.2) is 0 Å². The molecule has 0 aliphatic carbocycles. The molecule has 0 fully saturated rings. The van der Waals surface area contributed by atoms with Gasteiger partial charge in [-0.2, -0.15) is 5.48 Å². The number of hydrogen-bond acceptors (Lipinski definition) is 5. The Bertz CT molecular complexity index is 446. The summed E-state index contributed by atoms with van der Waals surface area (Å²) in [7, 11) is 0. The molecule has 0 bridgehead atoms. The number of thiophene rings is 1. The van der Waals surface area contributed by atoms with E-state index in [-0.39, 0.29) is 19.1 Å². The third-order valence-corrected chi connectivity index (χ3v) is 3.72. The van der Waals surface area contributed by atoms with Crippen LogP contribution in [0.3, 0.4) is 0 Å². The third-order valence-electron chi connectivity index (χ3n) is 2.70. The van der Waals surface area contributed by atoms with E-state index in [4.69, 9.17) is 10.6 Å². The van der Waals surface area contributed by atoms with E-state index >= 15 is 0 Å². The second-order valence-corrected chi connectivity index (χ2v) is 5.01. The van der Waals surface area contributed by atoms with Gasteiger partial charge in [0.2, 0.25) is 11.8 Å². The lowest BCUT2D eigenvalue weighted by Crippen LogP contribution is -2.41. The number of nitrogens with two attached hydrogens (primary N) is 1. The second kappa shape index (κ2) is 5.94. The smallest absolute Gasteiger partial charge is 0.245 e. The van der Waals surface area contributed by atoms with Crippen molar-refractivity contribution in [1.29, 1.82) is 0 Å². The van der Waals surface area contributed by atoms with Crippen LogP contribution in [-0.2, 0) is 27.4 Å². The number of primary amides is 1. The van der Waals surface area contributed by atoms with Crippen LogP contribution in [-0.4, -0.2) is 36.4 Å². The number of rotatable bonds is 5. The summed E-state index contributed by atoms with van der Waals surface area (Å²) in [6, 6.07) is 2.05. The molecular weight excluding hydrogens is 254 g/mol. The first-order valence-electron chi connectivity index (χ1n) is 5.63. The van der Waals surface area contributed by atoms with E-state index in [2.05, 4.69) is 11.5 Å². The molecule has 98 valence electrons. The predicted molar refractivity (Wildman–Crippen MR) is 66.6 cm³/mol. The molecule has 1 aromatic rings. The number of fused-ring (bicyclic) bond motifs is 1. The van der Waals surface area contributed by atoms with Gasteiger partial charge in [0.15, 0.2) is 0 Å². The summed E-state index contributed by atoms with van der Waals surface area (Å²) >= 11 is 1.73. The molecule has 1 aliphatic rings. The summed E-state index contributed by atoms with van der Waals surface area (Å²) in [4.78, 5) is 30.1. The van der Waals surface area contributed by atoms with Crippen LogP contribution < -0.4 is 11.2 Å². The number of hydroxylamine groups is 1. The summed E-state index contributed by atoms with van der Waals surface area (Å²) < 4.78 is 0. The lowest BCUT2D eigenvalue weighted by Gasteiger charge is -2.27. The van der Waals surface area contributed by atoms with Gasteiger partial charge in [0.05, 0.1) is 0 Å². The van der Waals surface area contributed by atoms with Crippen molar-refractivity contribution in [3.8, 4) is 0 Å². The van der Waals surface area contributed by atoms with E-state index in [1.54, 1.807) is 16.2 Å². The summed E-state index contributed by atoms with van der Waals surface area (Å²) in [5.41, 5.74) is 8.56. The van der Waals surface area contributed by atoms with Crippen molar-refractivity contribution < 1.29 is 14.4 Å². The highest BCUT2D eigenvalue weighted by Gasteiger charge is 2.20. The van der Waals surface area contributed by atoms with Crippen molar-refractivity contribution in [2.45, 2.75) is 13.0 Å². The van der Waals surface area contributed by atoms with Gasteiger partial charge in [0.25, 0.3) is 0 Å². The number of hydrogen-bond donors (Lipinski definition) is 2. The second-order valence-electron chi connectivity index (χ2n) is 4.01. The topological polar surface area (TPSA) is 84.7 Å². The molecular formula is C11H15N3O3S. The van der Waals surface area contributed by atoms with E-state index < -0.39 is 5.91 Å². The van der Waals surface area contributed by atoms with Gasteiger partial charge in [-0.05, 0) is 23.4 Å². The van der Waals surface area contributed by atoms with Crippen LogP contribution in [0.15, 0.2) is 11.4 Å². The first-order valence-corrected chi connectivity index (χ1v) is 6.51. The average molecular weight is 269 g/mol. The lowest BCUT2D eigenvalue weighted by molar-refractivity contribution is -0.136. The molecule has 1 aliphatic heterocycles. The fourth-order valence-corrected chi connectivity index (χ4v) is 2.70. The predicted octanol–water partition coefficient (Wildman–Crippen LogP) is -0.361. The Labute approximate surface area is 109 Å². The number of carbonyl (C=O) groups excluding carboxylic acids is 2. The zero-order valence-corrected chi connectivity index (χ0v) is 10.7. The minimum absolute atomic E-state index is 0.0451. The van der Waals surface area contributed by atoms with E-state index in [1.807, 2.05) is 5.38 Å². The zero-order chi connectivity index (χ0) is 13.0. The molecule has 0 spiro atoms. The molecule has 0 unspecified atom stereocenters. The van der Waals surface area contributed by atoms with Crippen LogP contribution in [0, 0.1) is 0 Å². The Morgan fingerprint density at radius 3 is 3.17 bits per heavy atom. The van der Waals surface area contributed by atoms with Gasteiger partial charge in [-0.3, -0.25) is 14.4 Å². The quantitative estimate of drug-likeness (QED) is 0.564. The van der Waals surface area contributed by atoms with Crippen LogP contribution in [0.25, 0.3) is 0 Å². The molecule has 1 aromatic heterocycles. The Morgan fingerprint density at radius 1 is 1.56 bits per heavy atom. The minimum Gasteiger partial charge on any atom is -0.368 e. The first-order chi connectivity index (χ1) is 8.66. The van der Waals surface area contributed by atoms with Crippen LogP contribution in [0.4, 0.5) is 0 Å². The highest BCUT2D eigenvalue weighted by molar-refractivity contribution is 7.10. The number of carbonyl (C=O) groups is 2. The minimum atomic E-state index is -0.573. The van der Waals surface area contributed by atoms with Crippen LogP contribution in [0.2, 0.25) is 0 Å². The molecule has 0 atom stereocenters. The number of nitrogens with zero attached hydrogens (tertiary/aromatic N) is 1. The summed E-state index contributed by atoms with van der Waals surface area (Å²) in [5, 5.41) is 2.05. The normalized spacial score (nSPS) is 14.3.